The Morgan fingerprint density at radius 2 is 1.85 bits per heavy atom. The second kappa shape index (κ2) is 7.48. The van der Waals surface area contributed by atoms with Gasteiger partial charge < -0.3 is 10.4 Å². The van der Waals surface area contributed by atoms with Crippen LogP contribution < -0.4 is 5.32 Å². The van der Waals surface area contributed by atoms with E-state index in [1.807, 2.05) is 0 Å². The molecule has 0 atom stereocenters. The largest absolute Gasteiger partial charge is 0.389 e. The highest BCUT2D eigenvalue weighted by atomic mass is 32.2. The zero-order valence-corrected chi connectivity index (χ0v) is 13.5. The first-order valence-electron chi connectivity index (χ1n) is 7.72. The molecule has 1 aliphatic rings. The van der Waals surface area contributed by atoms with Gasteiger partial charge in [0, 0.05) is 17.2 Å². The molecule has 0 saturated heterocycles. The van der Waals surface area contributed by atoms with Crippen molar-refractivity contribution >= 4 is 11.8 Å². The second-order valence-corrected chi connectivity index (χ2v) is 7.44. The summed E-state index contributed by atoms with van der Waals surface area (Å²) in [7, 11) is 0. The van der Waals surface area contributed by atoms with E-state index in [-0.39, 0.29) is 0 Å². The van der Waals surface area contributed by atoms with Crippen LogP contribution in [0.4, 0.5) is 0 Å². The second-order valence-electron chi connectivity index (χ2n) is 6.39. The molecule has 0 amide bonds. The monoisotopic (exact) mass is 293 g/mol. The standard InChI is InChI=1S/C17H27NOS/c1-14(2)11-18-12-15-5-7-16(8-6-15)20-13-17(19)9-3-4-10-17/h5-8,14,18-19H,3-4,9-13H2,1-2H3. The SMILES string of the molecule is CC(C)CNCc1ccc(SCC2(O)CCCC2)cc1. The highest BCUT2D eigenvalue weighted by molar-refractivity contribution is 7.99. The Morgan fingerprint density at radius 3 is 2.45 bits per heavy atom. The number of aliphatic hydroxyl groups is 1. The molecule has 1 saturated carbocycles. The molecule has 0 aromatic heterocycles. The van der Waals surface area contributed by atoms with Crippen LogP contribution in [0.1, 0.15) is 45.1 Å². The van der Waals surface area contributed by atoms with E-state index in [0.717, 1.165) is 31.7 Å². The minimum absolute atomic E-state index is 0.415. The summed E-state index contributed by atoms with van der Waals surface area (Å²) in [4.78, 5) is 1.26. The summed E-state index contributed by atoms with van der Waals surface area (Å²) in [5.41, 5.74) is 0.914. The summed E-state index contributed by atoms with van der Waals surface area (Å²) in [5.74, 6) is 1.52. The average molecular weight is 293 g/mol. The van der Waals surface area contributed by atoms with Crippen LogP contribution in [0, 0.1) is 5.92 Å². The molecule has 0 spiro atoms. The van der Waals surface area contributed by atoms with E-state index < -0.39 is 5.60 Å². The van der Waals surface area contributed by atoms with Gasteiger partial charge in [-0.25, -0.2) is 0 Å². The lowest BCUT2D eigenvalue weighted by molar-refractivity contribution is 0.0732. The quantitative estimate of drug-likeness (QED) is 0.749. The van der Waals surface area contributed by atoms with Crippen molar-refractivity contribution in [2.24, 2.45) is 5.92 Å². The molecular formula is C17H27NOS. The minimum Gasteiger partial charge on any atom is -0.389 e. The van der Waals surface area contributed by atoms with E-state index in [1.165, 1.54) is 23.3 Å². The zero-order valence-electron chi connectivity index (χ0n) is 12.7. The lowest BCUT2D eigenvalue weighted by Crippen LogP contribution is -2.26. The van der Waals surface area contributed by atoms with E-state index >= 15 is 0 Å². The van der Waals surface area contributed by atoms with Gasteiger partial charge >= 0.3 is 0 Å². The van der Waals surface area contributed by atoms with Gasteiger partial charge in [0.2, 0.25) is 0 Å². The normalized spacial score (nSPS) is 17.8. The Balaban J connectivity index is 1.76. The molecule has 0 unspecified atom stereocenters. The van der Waals surface area contributed by atoms with E-state index in [0.29, 0.717) is 5.92 Å². The van der Waals surface area contributed by atoms with E-state index in [4.69, 9.17) is 0 Å². The first-order chi connectivity index (χ1) is 9.57. The molecule has 3 heteroatoms. The molecule has 112 valence electrons. The summed E-state index contributed by atoms with van der Waals surface area (Å²) >= 11 is 1.78. The van der Waals surface area contributed by atoms with Crippen molar-refractivity contribution in [3.05, 3.63) is 29.8 Å². The van der Waals surface area contributed by atoms with Gasteiger partial charge in [-0.3, -0.25) is 0 Å². The molecule has 0 aliphatic heterocycles. The minimum atomic E-state index is -0.415. The van der Waals surface area contributed by atoms with Crippen LogP contribution in [0.15, 0.2) is 29.2 Å². The van der Waals surface area contributed by atoms with Gasteiger partial charge in [-0.15, -0.1) is 11.8 Å². The summed E-state index contributed by atoms with van der Waals surface area (Å²) in [5, 5.41) is 13.8. The van der Waals surface area contributed by atoms with Crippen LogP contribution >= 0.6 is 11.8 Å². The molecule has 2 N–H and O–H groups in total. The van der Waals surface area contributed by atoms with Crippen molar-refractivity contribution in [3.63, 3.8) is 0 Å². The molecule has 1 aromatic rings. The third kappa shape index (κ3) is 5.12. The van der Waals surface area contributed by atoms with Crippen LogP contribution in [0.3, 0.4) is 0 Å². The molecule has 0 bridgehead atoms. The average Bonchev–Trinajstić information content (AvgIpc) is 2.85. The molecular weight excluding hydrogens is 266 g/mol. The van der Waals surface area contributed by atoms with Crippen LogP contribution in [0.2, 0.25) is 0 Å². The number of nitrogens with one attached hydrogen (secondary N) is 1. The van der Waals surface area contributed by atoms with Crippen LogP contribution in [-0.4, -0.2) is 23.0 Å². The van der Waals surface area contributed by atoms with Crippen LogP contribution in [0.25, 0.3) is 0 Å². The third-order valence-corrected chi connectivity index (χ3v) is 5.13. The van der Waals surface area contributed by atoms with Gasteiger partial charge in [0.1, 0.15) is 0 Å². The maximum absolute atomic E-state index is 10.3. The van der Waals surface area contributed by atoms with Crippen molar-refractivity contribution < 1.29 is 5.11 Å². The number of benzene rings is 1. The fourth-order valence-electron chi connectivity index (χ4n) is 2.60. The van der Waals surface area contributed by atoms with Gasteiger partial charge in [-0.1, -0.05) is 38.8 Å². The molecule has 1 aromatic carbocycles. The molecule has 2 nitrogen and oxygen atoms in total. The van der Waals surface area contributed by atoms with E-state index in [2.05, 4.69) is 43.4 Å². The molecule has 0 radical (unpaired) electrons. The van der Waals surface area contributed by atoms with Gasteiger partial charge in [0.25, 0.3) is 0 Å². The summed E-state index contributed by atoms with van der Waals surface area (Å²) < 4.78 is 0. The fourth-order valence-corrected chi connectivity index (χ4v) is 3.66. The van der Waals surface area contributed by atoms with Gasteiger partial charge in [0.15, 0.2) is 0 Å². The maximum Gasteiger partial charge on any atom is 0.0741 e. The van der Waals surface area contributed by atoms with E-state index in [9.17, 15) is 5.11 Å². The van der Waals surface area contributed by atoms with Gasteiger partial charge in [-0.2, -0.15) is 0 Å². The lowest BCUT2D eigenvalue weighted by atomic mass is 10.1. The molecule has 0 heterocycles. The first-order valence-corrected chi connectivity index (χ1v) is 8.71. The molecule has 2 rings (SSSR count). The van der Waals surface area contributed by atoms with E-state index in [1.54, 1.807) is 11.8 Å². The Hall–Kier alpha value is -0.510. The first kappa shape index (κ1) is 15.9. The van der Waals surface area contributed by atoms with Crippen LogP contribution in [-0.2, 0) is 6.54 Å². The van der Waals surface area contributed by atoms with Gasteiger partial charge in [-0.05, 0) is 43.0 Å². The highest BCUT2D eigenvalue weighted by Gasteiger charge is 2.30. The van der Waals surface area contributed by atoms with Crippen molar-refractivity contribution in [3.8, 4) is 0 Å². The summed E-state index contributed by atoms with van der Waals surface area (Å²) in [6.45, 7) is 6.44. The predicted octanol–water partition coefficient (Wildman–Crippen LogP) is 3.83. The Bertz CT molecular complexity index is 396. The van der Waals surface area contributed by atoms with Crippen molar-refractivity contribution in [1.29, 1.82) is 0 Å². The molecule has 20 heavy (non-hydrogen) atoms. The van der Waals surface area contributed by atoms with Crippen LogP contribution in [0.5, 0.6) is 0 Å². The summed E-state index contributed by atoms with van der Waals surface area (Å²) in [6, 6.07) is 8.73. The van der Waals surface area contributed by atoms with Crippen molar-refractivity contribution in [2.45, 2.75) is 56.6 Å². The number of hydrogen-bond acceptors (Lipinski definition) is 3. The Morgan fingerprint density at radius 1 is 1.20 bits per heavy atom. The fraction of sp³-hybridized carbons (Fsp3) is 0.647. The number of hydrogen-bond donors (Lipinski definition) is 2. The Kier molecular flexibility index (Phi) is 5.94. The topological polar surface area (TPSA) is 32.3 Å². The summed E-state index contributed by atoms with van der Waals surface area (Å²) in [6.07, 6.45) is 4.30. The van der Waals surface area contributed by atoms with Gasteiger partial charge in [0.05, 0.1) is 5.60 Å². The smallest absolute Gasteiger partial charge is 0.0741 e. The molecule has 1 fully saturated rings. The lowest BCUT2D eigenvalue weighted by Gasteiger charge is -2.21. The zero-order chi connectivity index (χ0) is 14.4. The number of rotatable bonds is 7. The predicted molar refractivity (Wildman–Crippen MR) is 87.1 cm³/mol. The highest BCUT2D eigenvalue weighted by Crippen LogP contribution is 2.34. The van der Waals surface area contributed by atoms with Crippen molar-refractivity contribution in [2.75, 3.05) is 12.3 Å². The van der Waals surface area contributed by atoms with Crippen molar-refractivity contribution in [1.82, 2.24) is 5.32 Å². The maximum atomic E-state index is 10.3. The molecule has 1 aliphatic carbocycles. The number of thioether (sulfide) groups is 1. The Labute approximate surface area is 127 Å². The third-order valence-electron chi connectivity index (χ3n) is 3.85.